The van der Waals surface area contributed by atoms with Crippen LogP contribution in [0.5, 0.6) is 5.75 Å². The van der Waals surface area contributed by atoms with Gasteiger partial charge in [-0.1, -0.05) is 91.6 Å². The third kappa shape index (κ3) is 7.85. The molecule has 0 unspecified atom stereocenters. The third-order valence-electron chi connectivity index (χ3n) is 13.1. The number of hydrogen-bond acceptors (Lipinski definition) is 8. The first-order valence-electron chi connectivity index (χ1n) is 20.8. The molecular weight excluding hydrogens is 717 g/mol. The van der Waals surface area contributed by atoms with Gasteiger partial charge in [0.2, 0.25) is 0 Å². The third-order valence-corrected chi connectivity index (χ3v) is 13.1. The molecule has 4 aromatic rings. The average Bonchev–Trinajstić information content (AvgIpc) is 3.21. The number of ether oxygens (including phenoxy) is 4. The normalized spacial score (nSPS) is 26.8. The Hall–Kier alpha value is -4.95. The van der Waals surface area contributed by atoms with Crippen LogP contribution in [0.4, 0.5) is 0 Å². The minimum Gasteiger partial charge on any atom is -0.483 e. The van der Waals surface area contributed by atoms with Crippen LogP contribution in [0, 0.1) is 11.8 Å². The molecule has 0 saturated heterocycles. The fourth-order valence-corrected chi connectivity index (χ4v) is 9.84. The minimum absolute atomic E-state index is 0.000268. The quantitative estimate of drug-likeness (QED) is 0.0856. The van der Waals surface area contributed by atoms with Gasteiger partial charge in [-0.05, 0) is 93.7 Å². The van der Waals surface area contributed by atoms with Gasteiger partial charge in [0.25, 0.3) is 0 Å². The zero-order valence-electron chi connectivity index (χ0n) is 33.6. The van der Waals surface area contributed by atoms with Crippen molar-refractivity contribution in [2.75, 3.05) is 13.7 Å². The smallest absolute Gasteiger partial charge is 0.339 e. The summed E-state index contributed by atoms with van der Waals surface area (Å²) in [5.41, 5.74) is 4.56. The van der Waals surface area contributed by atoms with E-state index in [1.54, 1.807) is 7.11 Å². The van der Waals surface area contributed by atoms with Gasteiger partial charge in [-0.3, -0.25) is 4.79 Å². The molecule has 0 amide bonds. The monoisotopic (exact) mass is 770 g/mol. The van der Waals surface area contributed by atoms with Crippen molar-refractivity contribution in [1.29, 1.82) is 0 Å². The summed E-state index contributed by atoms with van der Waals surface area (Å²) in [7, 11) is 1.59. The van der Waals surface area contributed by atoms with Gasteiger partial charge in [0.1, 0.15) is 16.9 Å². The molecule has 6 atom stereocenters. The first kappa shape index (κ1) is 38.9. The van der Waals surface area contributed by atoms with E-state index in [1.807, 2.05) is 45.0 Å². The van der Waals surface area contributed by atoms with Crippen LogP contribution in [0.2, 0.25) is 0 Å². The molecule has 0 N–H and O–H groups in total. The van der Waals surface area contributed by atoms with Crippen molar-refractivity contribution in [2.24, 2.45) is 11.8 Å². The summed E-state index contributed by atoms with van der Waals surface area (Å²) in [5, 5.41) is 0.661. The van der Waals surface area contributed by atoms with Crippen LogP contribution in [0.1, 0.15) is 118 Å². The van der Waals surface area contributed by atoms with Gasteiger partial charge in [-0.15, -0.1) is 0 Å². The molecule has 2 bridgehead atoms. The second-order valence-corrected chi connectivity index (χ2v) is 16.9. The average molecular weight is 771 g/mol. The topological polar surface area (TPSA) is 101 Å². The molecule has 9 rings (SSSR count). The lowest BCUT2D eigenvalue weighted by Gasteiger charge is -2.50. The standard InChI is InChI=1S/C49H54O8/c1-30(2)39-22-17-31-15-18-33(19-16-31)40-23-20-34(32-11-7-5-8-12-32)27-37(40)29-42(50)54-45-43-41(24-21-35-28-36(25-26-53-4)47(51)55-44(35)43)57-49(3,46(45)56-48(39)52)38-13-9-6-10-14-38/h5,7-8,11-12,15-16,18-21,23-24,28,34,37-38,40,45-46H,6,9-10,13-14,17,22,25-27,29H2,1-4H3/t34-,37+,40-,45+,46+,49+/m1/s1. The van der Waals surface area contributed by atoms with E-state index in [-0.39, 0.29) is 35.7 Å². The predicted molar refractivity (Wildman–Crippen MR) is 219 cm³/mol. The molecule has 1 aromatic heterocycles. The second-order valence-electron chi connectivity index (χ2n) is 16.9. The Bertz CT molecular complexity index is 2220. The van der Waals surface area contributed by atoms with E-state index in [9.17, 15) is 14.4 Å². The van der Waals surface area contributed by atoms with Crippen molar-refractivity contribution >= 4 is 22.9 Å². The van der Waals surface area contributed by atoms with Crippen molar-refractivity contribution < 1.29 is 33.0 Å². The minimum atomic E-state index is -1.10. The van der Waals surface area contributed by atoms with Gasteiger partial charge in [-0.25, -0.2) is 9.59 Å². The Morgan fingerprint density at radius 3 is 2.37 bits per heavy atom. The number of carbonyl (C=O) groups excluding carboxylic acids is 2. The van der Waals surface area contributed by atoms with Crippen LogP contribution in [0.15, 0.2) is 105 Å². The summed E-state index contributed by atoms with van der Waals surface area (Å²) in [6.45, 7) is 6.24. The van der Waals surface area contributed by atoms with Gasteiger partial charge < -0.3 is 23.4 Å². The highest BCUT2D eigenvalue weighted by atomic mass is 16.6. The molecule has 8 nitrogen and oxygen atoms in total. The molecule has 3 aliphatic heterocycles. The maximum atomic E-state index is 14.8. The number of hydrogen-bond donors (Lipinski definition) is 0. The van der Waals surface area contributed by atoms with Crippen molar-refractivity contribution in [3.8, 4) is 5.75 Å². The molecule has 57 heavy (non-hydrogen) atoms. The molecule has 298 valence electrons. The fraction of sp³-hybridized carbons (Fsp3) is 0.449. The Kier molecular flexibility index (Phi) is 11.3. The van der Waals surface area contributed by atoms with Crippen LogP contribution in [0.3, 0.4) is 0 Å². The largest absolute Gasteiger partial charge is 0.483 e. The van der Waals surface area contributed by atoms with Crippen LogP contribution in [-0.2, 0) is 36.6 Å². The number of allylic oxidation sites excluding steroid dienone is 3. The van der Waals surface area contributed by atoms with Crippen molar-refractivity contribution in [3.63, 3.8) is 0 Å². The van der Waals surface area contributed by atoms with Crippen molar-refractivity contribution in [2.45, 2.75) is 115 Å². The van der Waals surface area contributed by atoms with Crippen LogP contribution in [0.25, 0.3) is 11.0 Å². The number of esters is 2. The highest BCUT2D eigenvalue weighted by molar-refractivity contribution is 5.90. The maximum Gasteiger partial charge on any atom is 0.339 e. The highest BCUT2D eigenvalue weighted by Gasteiger charge is 2.56. The van der Waals surface area contributed by atoms with Crippen LogP contribution >= 0.6 is 0 Å². The molecule has 1 saturated carbocycles. The molecule has 0 spiro atoms. The molecule has 0 radical (unpaired) electrons. The molecular formula is C49H54O8. The lowest BCUT2D eigenvalue weighted by atomic mass is 9.71. The van der Waals surface area contributed by atoms with E-state index < -0.39 is 35.4 Å². The number of methoxy groups -OCH3 is 1. The Morgan fingerprint density at radius 2 is 1.63 bits per heavy atom. The first-order valence-corrected chi connectivity index (χ1v) is 20.8. The lowest BCUT2D eigenvalue weighted by molar-refractivity contribution is -0.201. The number of fused-ring (bicyclic) bond motifs is 11. The number of aryl methyl sites for hydroxylation is 1. The first-order chi connectivity index (χ1) is 27.6. The fourth-order valence-electron chi connectivity index (χ4n) is 9.84. The predicted octanol–water partition coefficient (Wildman–Crippen LogP) is 10.0. The van der Waals surface area contributed by atoms with Gasteiger partial charge in [0.15, 0.2) is 12.2 Å². The van der Waals surface area contributed by atoms with Gasteiger partial charge in [0.05, 0.1) is 12.2 Å². The lowest BCUT2D eigenvalue weighted by Crippen LogP contribution is -2.58. The zero-order valence-corrected chi connectivity index (χ0v) is 33.6. The van der Waals surface area contributed by atoms with Crippen LogP contribution < -0.4 is 10.4 Å². The summed E-state index contributed by atoms with van der Waals surface area (Å²) < 4.78 is 31.9. The molecule has 2 aliphatic carbocycles. The zero-order chi connectivity index (χ0) is 39.7. The summed E-state index contributed by atoms with van der Waals surface area (Å²) in [5.74, 6) is -0.291. The van der Waals surface area contributed by atoms with E-state index in [0.29, 0.717) is 53.7 Å². The van der Waals surface area contributed by atoms with E-state index in [1.165, 1.54) is 5.56 Å². The van der Waals surface area contributed by atoms with Gasteiger partial charge in [-0.2, -0.15) is 0 Å². The van der Waals surface area contributed by atoms with E-state index in [4.69, 9.17) is 23.4 Å². The Morgan fingerprint density at radius 1 is 0.860 bits per heavy atom. The van der Waals surface area contributed by atoms with Crippen molar-refractivity contribution in [1.82, 2.24) is 0 Å². The molecule has 3 aromatic carbocycles. The van der Waals surface area contributed by atoms with E-state index in [2.05, 4.69) is 60.7 Å². The van der Waals surface area contributed by atoms with Crippen LogP contribution in [-0.4, -0.2) is 37.4 Å². The van der Waals surface area contributed by atoms with Gasteiger partial charge >= 0.3 is 17.6 Å². The SMILES string of the molecule is COCCc1cc2ccc3c(c2oc1=O)[C@@H]1OC(=O)C[C@@H]2C[C@H](c4ccccc4)C=C[C@@H]2c2ccc(cc2)CCC(=C(C)C)C(=O)O[C@@H]1[C@](C)(C1CCCCC1)O3. The highest BCUT2D eigenvalue weighted by Crippen LogP contribution is 2.52. The molecule has 4 heterocycles. The molecule has 5 aliphatic rings. The summed E-state index contributed by atoms with van der Waals surface area (Å²) >= 11 is 0. The number of carbonyl (C=O) groups is 2. The number of benzene rings is 3. The number of rotatable bonds is 5. The van der Waals surface area contributed by atoms with Gasteiger partial charge in [0, 0.05) is 54.2 Å². The molecule has 1 fully saturated rings. The Labute approximate surface area is 335 Å². The van der Waals surface area contributed by atoms with E-state index in [0.717, 1.165) is 55.2 Å². The van der Waals surface area contributed by atoms with E-state index >= 15 is 0 Å². The summed E-state index contributed by atoms with van der Waals surface area (Å²) in [6, 6.07) is 24.6. The summed E-state index contributed by atoms with van der Waals surface area (Å²) in [4.78, 5) is 42.9. The van der Waals surface area contributed by atoms with Crippen molar-refractivity contribution in [3.05, 3.63) is 134 Å². The second kappa shape index (κ2) is 16.5. The maximum absolute atomic E-state index is 14.8. The molecule has 8 heteroatoms. The Balaban J connectivity index is 1.28. The summed E-state index contributed by atoms with van der Waals surface area (Å²) in [6.07, 6.45) is 9.80.